The van der Waals surface area contributed by atoms with E-state index >= 15 is 0 Å². The summed E-state index contributed by atoms with van der Waals surface area (Å²) in [4.78, 5) is 32.4. The second-order valence-electron chi connectivity index (χ2n) is 5.68. The van der Waals surface area contributed by atoms with Crippen molar-refractivity contribution < 1.29 is 14.3 Å². The first-order valence-corrected chi connectivity index (χ1v) is 8.33. The predicted octanol–water partition coefficient (Wildman–Crippen LogP) is 3.32. The molecular formula is C19H16ClN3O3. The summed E-state index contributed by atoms with van der Waals surface area (Å²) in [7, 11) is 0. The molecular weight excluding hydrogens is 354 g/mol. The van der Waals surface area contributed by atoms with E-state index in [1.54, 1.807) is 42.7 Å². The molecule has 0 unspecified atom stereocenters. The number of fused-ring (bicyclic) bond motifs is 1. The normalized spacial score (nSPS) is 11.8. The van der Waals surface area contributed by atoms with E-state index < -0.39 is 5.97 Å². The minimum Gasteiger partial charge on any atom is -0.452 e. The molecule has 0 fully saturated rings. The fraction of sp³-hybridized carbons (Fsp3) is 0.158. The summed E-state index contributed by atoms with van der Waals surface area (Å²) >= 11 is 5.85. The van der Waals surface area contributed by atoms with E-state index in [-0.39, 0.29) is 18.6 Å². The van der Waals surface area contributed by atoms with Crippen LogP contribution in [0.25, 0.3) is 11.0 Å². The molecule has 132 valence electrons. The Labute approximate surface area is 155 Å². The number of halogens is 1. The zero-order valence-electron chi connectivity index (χ0n) is 14.0. The monoisotopic (exact) mass is 369 g/mol. The number of amides is 1. The highest BCUT2D eigenvalue weighted by atomic mass is 35.5. The van der Waals surface area contributed by atoms with Gasteiger partial charge in [-0.25, -0.2) is 4.79 Å². The molecule has 1 aromatic heterocycles. The van der Waals surface area contributed by atoms with Crippen molar-refractivity contribution in [1.82, 2.24) is 15.3 Å². The van der Waals surface area contributed by atoms with Crippen LogP contribution in [0, 0.1) is 0 Å². The lowest BCUT2D eigenvalue weighted by atomic mass is 10.1. The van der Waals surface area contributed by atoms with Gasteiger partial charge in [0, 0.05) is 17.4 Å². The van der Waals surface area contributed by atoms with Crippen molar-refractivity contribution in [1.29, 1.82) is 0 Å². The zero-order chi connectivity index (χ0) is 18.5. The highest BCUT2D eigenvalue weighted by molar-refractivity contribution is 6.30. The molecule has 2 aromatic carbocycles. The lowest BCUT2D eigenvalue weighted by molar-refractivity contribution is -0.124. The van der Waals surface area contributed by atoms with Crippen LogP contribution in [0.3, 0.4) is 0 Å². The minimum atomic E-state index is -0.591. The average molecular weight is 370 g/mol. The number of hydrogen-bond donors (Lipinski definition) is 1. The molecule has 7 heteroatoms. The maximum Gasteiger partial charge on any atom is 0.338 e. The highest BCUT2D eigenvalue weighted by Gasteiger charge is 2.14. The van der Waals surface area contributed by atoms with E-state index in [1.165, 1.54) is 0 Å². The van der Waals surface area contributed by atoms with Crippen LogP contribution in [0.5, 0.6) is 0 Å². The first-order valence-electron chi connectivity index (χ1n) is 7.95. The van der Waals surface area contributed by atoms with Gasteiger partial charge in [0.05, 0.1) is 22.6 Å². The summed E-state index contributed by atoms with van der Waals surface area (Å²) in [6.07, 6.45) is 3.12. The van der Waals surface area contributed by atoms with Gasteiger partial charge >= 0.3 is 5.97 Å². The molecule has 1 N–H and O–H groups in total. The maximum absolute atomic E-state index is 12.1. The first kappa shape index (κ1) is 17.8. The number of rotatable bonds is 5. The molecule has 0 aliphatic heterocycles. The number of ether oxygens (including phenoxy) is 1. The zero-order valence-corrected chi connectivity index (χ0v) is 14.7. The van der Waals surface area contributed by atoms with Crippen LogP contribution < -0.4 is 5.32 Å². The van der Waals surface area contributed by atoms with Crippen molar-refractivity contribution in [3.05, 3.63) is 71.0 Å². The molecule has 26 heavy (non-hydrogen) atoms. The third-order valence-electron chi connectivity index (χ3n) is 3.79. The summed E-state index contributed by atoms with van der Waals surface area (Å²) in [5.41, 5.74) is 2.49. The van der Waals surface area contributed by atoms with Crippen molar-refractivity contribution >= 4 is 34.5 Å². The summed E-state index contributed by atoms with van der Waals surface area (Å²) < 4.78 is 5.07. The van der Waals surface area contributed by atoms with Gasteiger partial charge in [0.1, 0.15) is 0 Å². The van der Waals surface area contributed by atoms with Crippen LogP contribution in [0.4, 0.5) is 0 Å². The molecule has 0 aliphatic carbocycles. The van der Waals surface area contributed by atoms with Crippen LogP contribution in [0.15, 0.2) is 54.9 Å². The SMILES string of the molecule is C[C@H](NC(=O)COC(=O)c1ccc2nccnc2c1)c1ccc(Cl)cc1. The maximum atomic E-state index is 12.1. The quantitative estimate of drug-likeness (QED) is 0.698. The molecule has 0 spiro atoms. The van der Waals surface area contributed by atoms with E-state index in [9.17, 15) is 9.59 Å². The number of hydrogen-bond acceptors (Lipinski definition) is 5. The molecule has 0 bridgehead atoms. The molecule has 0 saturated heterocycles. The fourth-order valence-corrected chi connectivity index (χ4v) is 2.55. The molecule has 1 amide bonds. The van der Waals surface area contributed by atoms with Gasteiger partial charge in [0.15, 0.2) is 6.61 Å². The molecule has 3 aromatic rings. The largest absolute Gasteiger partial charge is 0.452 e. The molecule has 1 heterocycles. The van der Waals surface area contributed by atoms with Crippen molar-refractivity contribution in [3.63, 3.8) is 0 Å². The molecule has 6 nitrogen and oxygen atoms in total. The van der Waals surface area contributed by atoms with Gasteiger partial charge in [-0.05, 0) is 42.8 Å². The number of aromatic nitrogens is 2. The third kappa shape index (κ3) is 4.34. The molecule has 0 aliphatic rings. The Kier molecular flexibility index (Phi) is 5.43. The van der Waals surface area contributed by atoms with Crippen LogP contribution >= 0.6 is 11.6 Å². The topological polar surface area (TPSA) is 81.2 Å². The van der Waals surface area contributed by atoms with Gasteiger partial charge in [0.25, 0.3) is 5.91 Å². The second-order valence-corrected chi connectivity index (χ2v) is 6.11. The number of carbonyl (C=O) groups excluding carboxylic acids is 2. The van der Waals surface area contributed by atoms with E-state index in [0.29, 0.717) is 21.6 Å². The Morgan fingerprint density at radius 1 is 1.08 bits per heavy atom. The molecule has 1 atom stereocenters. The standard InChI is InChI=1S/C19H16ClN3O3/c1-12(13-2-5-15(20)6-3-13)23-18(24)11-26-19(25)14-4-7-16-17(10-14)22-9-8-21-16/h2-10,12H,11H2,1H3,(H,23,24)/t12-/m0/s1. The van der Waals surface area contributed by atoms with Crippen molar-refractivity contribution in [2.45, 2.75) is 13.0 Å². The fourth-order valence-electron chi connectivity index (χ4n) is 2.42. The number of nitrogens with zero attached hydrogens (tertiary/aromatic N) is 2. The van der Waals surface area contributed by atoms with Crippen LogP contribution in [-0.2, 0) is 9.53 Å². The third-order valence-corrected chi connectivity index (χ3v) is 4.04. The minimum absolute atomic E-state index is 0.227. The molecule has 0 saturated carbocycles. The Hall–Kier alpha value is -2.99. The predicted molar refractivity (Wildman–Crippen MR) is 97.8 cm³/mol. The van der Waals surface area contributed by atoms with E-state index in [0.717, 1.165) is 5.56 Å². The van der Waals surface area contributed by atoms with E-state index in [2.05, 4.69) is 15.3 Å². The molecule has 3 rings (SSSR count). The lowest BCUT2D eigenvalue weighted by Gasteiger charge is -2.14. The number of benzene rings is 2. The Morgan fingerprint density at radius 3 is 2.50 bits per heavy atom. The lowest BCUT2D eigenvalue weighted by Crippen LogP contribution is -2.31. The van der Waals surface area contributed by atoms with Crippen LogP contribution in [0.2, 0.25) is 5.02 Å². The summed E-state index contributed by atoms with van der Waals surface area (Å²) in [5.74, 6) is -0.978. The van der Waals surface area contributed by atoms with Crippen molar-refractivity contribution in [2.24, 2.45) is 0 Å². The second kappa shape index (κ2) is 7.93. The average Bonchev–Trinajstić information content (AvgIpc) is 2.66. The number of esters is 1. The Balaban J connectivity index is 1.56. The van der Waals surface area contributed by atoms with Crippen LogP contribution in [0.1, 0.15) is 28.9 Å². The summed E-state index contributed by atoms with van der Waals surface area (Å²) in [6.45, 7) is 1.47. The van der Waals surface area contributed by atoms with Crippen molar-refractivity contribution in [3.8, 4) is 0 Å². The van der Waals surface area contributed by atoms with E-state index in [4.69, 9.17) is 16.3 Å². The van der Waals surface area contributed by atoms with Gasteiger partial charge in [-0.3, -0.25) is 14.8 Å². The number of carbonyl (C=O) groups is 2. The Morgan fingerprint density at radius 2 is 1.77 bits per heavy atom. The summed E-state index contributed by atoms with van der Waals surface area (Å²) in [5, 5.41) is 3.40. The smallest absolute Gasteiger partial charge is 0.338 e. The van der Waals surface area contributed by atoms with Gasteiger partial charge in [-0.2, -0.15) is 0 Å². The molecule has 0 radical (unpaired) electrons. The van der Waals surface area contributed by atoms with Crippen LogP contribution in [-0.4, -0.2) is 28.5 Å². The van der Waals surface area contributed by atoms with Gasteiger partial charge in [-0.15, -0.1) is 0 Å². The van der Waals surface area contributed by atoms with E-state index in [1.807, 2.05) is 19.1 Å². The van der Waals surface area contributed by atoms with Crippen molar-refractivity contribution in [2.75, 3.05) is 6.61 Å². The highest BCUT2D eigenvalue weighted by Crippen LogP contribution is 2.16. The van der Waals surface area contributed by atoms with Gasteiger partial charge < -0.3 is 10.1 Å². The number of nitrogens with one attached hydrogen (secondary N) is 1. The van der Waals surface area contributed by atoms with Gasteiger partial charge in [0.2, 0.25) is 0 Å². The first-order chi connectivity index (χ1) is 12.5. The Bertz CT molecular complexity index is 944. The summed E-state index contributed by atoms with van der Waals surface area (Å²) in [6, 6.07) is 11.8. The van der Waals surface area contributed by atoms with Gasteiger partial charge in [-0.1, -0.05) is 23.7 Å².